The largest absolute Gasteiger partial charge is 0.337 e. The number of nitrogens with one attached hydrogen (secondary N) is 3. The lowest BCUT2D eigenvalue weighted by molar-refractivity contribution is 0.253. The number of benzene rings is 1. The van der Waals surface area contributed by atoms with Crippen molar-refractivity contribution in [3.8, 4) is 0 Å². The van der Waals surface area contributed by atoms with Crippen molar-refractivity contribution >= 4 is 27.7 Å². The van der Waals surface area contributed by atoms with Crippen molar-refractivity contribution in [2.24, 2.45) is 5.14 Å². The summed E-state index contributed by atoms with van der Waals surface area (Å²) in [5, 5.41) is 7.51. The number of sulfonamides is 1. The normalized spacial score (nSPS) is 10.9. The second-order valence-electron chi connectivity index (χ2n) is 4.75. The molecule has 2 aromatic rings. The van der Waals surface area contributed by atoms with Crippen molar-refractivity contribution in [2.45, 2.75) is 18.7 Å². The summed E-state index contributed by atoms with van der Waals surface area (Å²) in [6.45, 7) is 3.62. The number of hydrogen-bond donors (Lipinski definition) is 4. The maximum atomic E-state index is 11.8. The van der Waals surface area contributed by atoms with Crippen LogP contribution < -0.4 is 21.3 Å². The van der Waals surface area contributed by atoms with Crippen molar-refractivity contribution in [3.05, 3.63) is 41.7 Å². The zero-order valence-electron chi connectivity index (χ0n) is 12.5. The fraction of sp³-hybridized carbons (Fsp3) is 0.154. The average molecular weight is 336 g/mol. The number of carbonyl (C=O) groups is 1. The van der Waals surface area contributed by atoms with Gasteiger partial charge >= 0.3 is 6.03 Å². The molecule has 0 atom stereocenters. The average Bonchev–Trinajstić information content (AvgIpc) is 2.44. The minimum Gasteiger partial charge on any atom is -0.307 e. The van der Waals surface area contributed by atoms with E-state index in [2.05, 4.69) is 26.1 Å². The van der Waals surface area contributed by atoms with Gasteiger partial charge in [0, 0.05) is 17.1 Å². The monoisotopic (exact) mass is 336 g/mol. The van der Waals surface area contributed by atoms with Crippen molar-refractivity contribution in [2.75, 3.05) is 10.7 Å². The Labute approximate surface area is 133 Å². The Morgan fingerprint density at radius 1 is 1.09 bits per heavy atom. The number of primary sulfonamides is 1. The molecule has 0 saturated carbocycles. The molecule has 0 fully saturated rings. The number of aryl methyl sites for hydroxylation is 2. The number of rotatable bonds is 4. The van der Waals surface area contributed by atoms with Crippen LogP contribution in [-0.2, 0) is 10.0 Å². The second-order valence-corrected chi connectivity index (χ2v) is 6.31. The number of urea groups is 1. The summed E-state index contributed by atoms with van der Waals surface area (Å²) in [4.78, 5) is 19.9. The molecule has 0 bridgehead atoms. The van der Waals surface area contributed by atoms with E-state index in [0.29, 0.717) is 5.69 Å². The molecule has 0 aliphatic rings. The Hall–Kier alpha value is -2.72. The number of hydrogen-bond acceptors (Lipinski definition) is 6. The molecule has 0 saturated heterocycles. The Bertz CT molecular complexity index is 800. The Morgan fingerprint density at radius 2 is 1.65 bits per heavy atom. The molecular formula is C13H16N6O3S. The summed E-state index contributed by atoms with van der Waals surface area (Å²) < 4.78 is 22.3. The van der Waals surface area contributed by atoms with Gasteiger partial charge in [-0.25, -0.2) is 33.7 Å². The molecule has 2 amide bonds. The van der Waals surface area contributed by atoms with Gasteiger partial charge in [-0.1, -0.05) is 0 Å². The van der Waals surface area contributed by atoms with Crippen molar-refractivity contribution in [1.82, 2.24) is 15.4 Å². The number of hydrazine groups is 1. The quantitative estimate of drug-likeness (QED) is 0.611. The van der Waals surface area contributed by atoms with Crippen molar-refractivity contribution in [3.63, 3.8) is 0 Å². The molecule has 0 unspecified atom stereocenters. The van der Waals surface area contributed by atoms with Crippen molar-refractivity contribution in [1.29, 1.82) is 0 Å². The molecule has 2 rings (SSSR count). The van der Waals surface area contributed by atoms with Gasteiger partial charge in [0.1, 0.15) is 0 Å². The summed E-state index contributed by atoms with van der Waals surface area (Å²) in [7, 11) is -3.76. The number of carbonyl (C=O) groups excluding carboxylic acids is 1. The fourth-order valence-corrected chi connectivity index (χ4v) is 2.30. The van der Waals surface area contributed by atoms with Gasteiger partial charge in [-0.2, -0.15) is 0 Å². The molecule has 5 N–H and O–H groups in total. The first-order valence-electron chi connectivity index (χ1n) is 6.52. The molecule has 122 valence electrons. The van der Waals surface area contributed by atoms with Gasteiger partial charge in [0.2, 0.25) is 16.0 Å². The molecule has 0 spiro atoms. The summed E-state index contributed by atoms with van der Waals surface area (Å²) in [6, 6.07) is 6.69. The van der Waals surface area contributed by atoms with Crippen LogP contribution in [0.4, 0.5) is 16.4 Å². The van der Waals surface area contributed by atoms with E-state index in [1.807, 2.05) is 13.8 Å². The fourth-order valence-electron chi connectivity index (χ4n) is 1.78. The highest BCUT2D eigenvalue weighted by molar-refractivity contribution is 7.89. The van der Waals surface area contributed by atoms with Crippen LogP contribution in [0.25, 0.3) is 0 Å². The van der Waals surface area contributed by atoms with Gasteiger partial charge in [0.15, 0.2) is 0 Å². The molecule has 0 radical (unpaired) electrons. The van der Waals surface area contributed by atoms with Crippen LogP contribution in [0.2, 0.25) is 0 Å². The molecule has 0 aliphatic heterocycles. The van der Waals surface area contributed by atoms with E-state index in [4.69, 9.17) is 5.14 Å². The number of nitrogens with zero attached hydrogens (tertiary/aromatic N) is 2. The second kappa shape index (κ2) is 6.58. The molecule has 0 aliphatic carbocycles. The Morgan fingerprint density at radius 3 is 2.17 bits per heavy atom. The first kappa shape index (κ1) is 16.6. The molecular weight excluding hydrogens is 320 g/mol. The third-order valence-electron chi connectivity index (χ3n) is 2.71. The van der Waals surface area contributed by atoms with Gasteiger partial charge in [-0.15, -0.1) is 0 Å². The van der Waals surface area contributed by atoms with Crippen LogP contribution in [0.3, 0.4) is 0 Å². The van der Waals surface area contributed by atoms with Crippen molar-refractivity contribution < 1.29 is 13.2 Å². The Balaban J connectivity index is 1.94. The topological polar surface area (TPSA) is 139 Å². The molecule has 10 heteroatoms. The van der Waals surface area contributed by atoms with Gasteiger partial charge in [0.25, 0.3) is 0 Å². The van der Waals surface area contributed by atoms with Crippen LogP contribution in [0.5, 0.6) is 0 Å². The molecule has 1 aromatic heterocycles. The molecule has 1 aromatic carbocycles. The number of nitrogens with two attached hydrogens (primary N) is 1. The number of amides is 2. The maximum absolute atomic E-state index is 11.8. The van der Waals surface area contributed by atoms with E-state index in [1.165, 1.54) is 24.3 Å². The predicted octanol–water partition coefficient (Wildman–Crippen LogP) is 0.889. The minimum atomic E-state index is -3.76. The molecule has 23 heavy (non-hydrogen) atoms. The number of aromatic nitrogens is 2. The third-order valence-corrected chi connectivity index (χ3v) is 3.64. The molecule has 9 nitrogen and oxygen atoms in total. The van der Waals surface area contributed by atoms with Crippen LogP contribution in [0.1, 0.15) is 11.4 Å². The highest BCUT2D eigenvalue weighted by Gasteiger charge is 2.08. The zero-order chi connectivity index (χ0) is 17.0. The summed E-state index contributed by atoms with van der Waals surface area (Å²) in [6.07, 6.45) is 0. The maximum Gasteiger partial charge on any atom is 0.337 e. The summed E-state index contributed by atoms with van der Waals surface area (Å²) >= 11 is 0. The summed E-state index contributed by atoms with van der Waals surface area (Å²) in [5.74, 6) is 0.266. The SMILES string of the molecule is Cc1cc(C)nc(NNC(=O)Nc2ccc(S(N)(=O)=O)cc2)n1. The van der Waals surface area contributed by atoms with Crippen LogP contribution >= 0.6 is 0 Å². The van der Waals surface area contributed by atoms with Gasteiger partial charge in [0.05, 0.1) is 4.90 Å². The summed E-state index contributed by atoms with van der Waals surface area (Å²) in [5.41, 5.74) is 6.89. The lowest BCUT2D eigenvalue weighted by Gasteiger charge is -2.10. The van der Waals surface area contributed by atoms with Gasteiger partial charge in [-0.05, 0) is 44.2 Å². The van der Waals surface area contributed by atoms with Gasteiger partial charge < -0.3 is 5.32 Å². The van der Waals surface area contributed by atoms with E-state index in [9.17, 15) is 13.2 Å². The van der Waals surface area contributed by atoms with E-state index < -0.39 is 16.1 Å². The lowest BCUT2D eigenvalue weighted by atomic mass is 10.3. The van der Waals surface area contributed by atoms with E-state index in [1.54, 1.807) is 6.07 Å². The van der Waals surface area contributed by atoms with Crippen LogP contribution in [-0.4, -0.2) is 24.4 Å². The van der Waals surface area contributed by atoms with Gasteiger partial charge in [-0.3, -0.25) is 5.43 Å². The highest BCUT2D eigenvalue weighted by atomic mass is 32.2. The third kappa shape index (κ3) is 4.90. The minimum absolute atomic E-state index is 0.0368. The first-order chi connectivity index (χ1) is 10.7. The standard InChI is InChI=1S/C13H16N6O3S/c1-8-7-9(2)16-12(15-8)18-19-13(20)17-10-3-5-11(6-4-10)23(14,21)22/h3-7H,1-2H3,(H2,14,21,22)(H,15,16,18)(H2,17,19,20). The van der Waals surface area contributed by atoms with Crippen LogP contribution in [0.15, 0.2) is 35.2 Å². The lowest BCUT2D eigenvalue weighted by Crippen LogP contribution is -2.34. The zero-order valence-corrected chi connectivity index (χ0v) is 13.3. The van der Waals surface area contributed by atoms with E-state index in [-0.39, 0.29) is 10.8 Å². The Kier molecular flexibility index (Phi) is 4.77. The van der Waals surface area contributed by atoms with E-state index >= 15 is 0 Å². The highest BCUT2D eigenvalue weighted by Crippen LogP contribution is 2.12. The predicted molar refractivity (Wildman–Crippen MR) is 85.1 cm³/mol. The number of anilines is 2. The smallest absolute Gasteiger partial charge is 0.307 e. The molecule has 1 heterocycles. The first-order valence-corrected chi connectivity index (χ1v) is 8.07. The van der Waals surface area contributed by atoms with Crippen LogP contribution in [0, 0.1) is 13.8 Å². The van der Waals surface area contributed by atoms with E-state index in [0.717, 1.165) is 11.4 Å².